The summed E-state index contributed by atoms with van der Waals surface area (Å²) in [6.07, 6.45) is 7.72. The number of nitrogens with one attached hydrogen (secondary N) is 1. The van der Waals surface area contributed by atoms with Crippen molar-refractivity contribution in [1.82, 2.24) is 15.4 Å². The molecular weight excluding hydrogens is 334 g/mol. The van der Waals surface area contributed by atoms with Crippen LogP contribution >= 0.6 is 0 Å². The Morgan fingerprint density at radius 1 is 1.19 bits per heavy atom. The molecule has 3 heterocycles. The summed E-state index contributed by atoms with van der Waals surface area (Å²) in [5.74, 6) is 0.814. The molecule has 1 N–H and O–H groups in total. The summed E-state index contributed by atoms with van der Waals surface area (Å²) in [7, 11) is 0. The highest BCUT2D eigenvalue weighted by Crippen LogP contribution is 2.27. The predicted octanol–water partition coefficient (Wildman–Crippen LogP) is 4.11. The van der Waals surface area contributed by atoms with Crippen LogP contribution in [0.1, 0.15) is 58.1 Å². The van der Waals surface area contributed by atoms with Crippen molar-refractivity contribution < 1.29 is 18.5 Å². The first-order chi connectivity index (χ1) is 12.5. The maximum atomic E-state index is 12.8. The molecule has 7 nitrogen and oxygen atoms in total. The smallest absolute Gasteiger partial charge is 0.325 e. The van der Waals surface area contributed by atoms with Gasteiger partial charge in [-0.1, -0.05) is 44.2 Å². The maximum Gasteiger partial charge on any atom is 0.325 e. The van der Waals surface area contributed by atoms with Crippen LogP contribution in [0.2, 0.25) is 0 Å². The number of carbonyl (C=O) groups excluding carboxylic acids is 2. The van der Waals surface area contributed by atoms with Crippen molar-refractivity contribution in [2.24, 2.45) is 0 Å². The Hall–Kier alpha value is -2.57. The number of carbonyl (C=O) groups is 2. The summed E-state index contributed by atoms with van der Waals surface area (Å²) >= 11 is 0. The number of hydrogen-bond donors (Lipinski definition) is 1. The Balaban J connectivity index is 1.60. The van der Waals surface area contributed by atoms with Crippen LogP contribution < -0.4 is 5.32 Å². The molecule has 1 unspecified atom stereocenters. The third kappa shape index (κ3) is 3.81. The van der Waals surface area contributed by atoms with E-state index in [2.05, 4.69) is 17.4 Å². The average Bonchev–Trinajstić information content (AvgIpc) is 3.33. The van der Waals surface area contributed by atoms with E-state index in [1.807, 2.05) is 0 Å². The van der Waals surface area contributed by atoms with Crippen LogP contribution in [0, 0.1) is 0 Å². The highest BCUT2D eigenvalue weighted by atomic mass is 16.5. The summed E-state index contributed by atoms with van der Waals surface area (Å²) in [5, 5.41) is 6.78. The molecule has 0 radical (unpaired) electrons. The van der Waals surface area contributed by atoms with Crippen LogP contribution in [0.5, 0.6) is 0 Å². The van der Waals surface area contributed by atoms with E-state index in [0.29, 0.717) is 23.6 Å². The standard InChI is InChI=1S/C19H25N3O4/c1-3-4-5-6-7-10-19(2)17(23)22(18(24)20-19)13-14-12-16(26-21-14)15-9-8-11-25-15/h8-9,11-12H,3-7,10,13H2,1-2H3,(H,20,24). The van der Waals surface area contributed by atoms with Crippen LogP contribution in [-0.2, 0) is 11.3 Å². The minimum Gasteiger partial charge on any atom is -0.461 e. The van der Waals surface area contributed by atoms with E-state index in [4.69, 9.17) is 8.94 Å². The minimum absolute atomic E-state index is 0.0836. The van der Waals surface area contributed by atoms with E-state index < -0.39 is 5.54 Å². The van der Waals surface area contributed by atoms with Gasteiger partial charge in [-0.3, -0.25) is 9.69 Å². The monoisotopic (exact) mass is 359 g/mol. The molecule has 1 saturated heterocycles. The van der Waals surface area contributed by atoms with Gasteiger partial charge in [0.2, 0.25) is 5.76 Å². The van der Waals surface area contributed by atoms with Crippen LogP contribution in [0.15, 0.2) is 33.4 Å². The molecule has 0 aliphatic carbocycles. The highest BCUT2D eigenvalue weighted by Gasteiger charge is 2.47. The number of amides is 3. The molecule has 0 aromatic carbocycles. The zero-order valence-electron chi connectivity index (χ0n) is 15.3. The van der Waals surface area contributed by atoms with Crippen molar-refractivity contribution in [2.75, 3.05) is 0 Å². The fourth-order valence-corrected chi connectivity index (χ4v) is 3.23. The lowest BCUT2D eigenvalue weighted by Gasteiger charge is -2.21. The van der Waals surface area contributed by atoms with Crippen LogP contribution in [0.25, 0.3) is 11.5 Å². The first-order valence-corrected chi connectivity index (χ1v) is 9.17. The van der Waals surface area contributed by atoms with Crippen LogP contribution in [0.4, 0.5) is 4.79 Å². The lowest BCUT2D eigenvalue weighted by molar-refractivity contribution is -0.131. The number of imide groups is 1. The zero-order chi connectivity index (χ0) is 18.6. The SMILES string of the molecule is CCCCCCCC1(C)NC(=O)N(Cc2cc(-c3ccco3)on2)C1=O. The van der Waals surface area contributed by atoms with Crippen molar-refractivity contribution >= 4 is 11.9 Å². The van der Waals surface area contributed by atoms with Gasteiger partial charge in [0.25, 0.3) is 5.91 Å². The van der Waals surface area contributed by atoms with Crippen molar-refractivity contribution in [2.45, 2.75) is 64.5 Å². The van der Waals surface area contributed by atoms with Gasteiger partial charge in [-0.15, -0.1) is 0 Å². The van der Waals surface area contributed by atoms with Crippen LogP contribution in [-0.4, -0.2) is 27.5 Å². The maximum absolute atomic E-state index is 12.8. The fourth-order valence-electron chi connectivity index (χ4n) is 3.23. The first-order valence-electron chi connectivity index (χ1n) is 9.17. The highest BCUT2D eigenvalue weighted by molar-refractivity contribution is 6.06. The molecule has 3 amide bonds. The number of furan rings is 1. The fraction of sp³-hybridized carbons (Fsp3) is 0.526. The van der Waals surface area contributed by atoms with Crippen LogP contribution in [0.3, 0.4) is 0 Å². The Bertz CT molecular complexity index is 753. The number of unbranched alkanes of at least 4 members (excludes halogenated alkanes) is 4. The van der Waals surface area contributed by atoms with E-state index in [0.717, 1.165) is 19.3 Å². The first kappa shape index (κ1) is 18.2. The van der Waals surface area contributed by atoms with Crippen molar-refractivity contribution in [3.8, 4) is 11.5 Å². The third-order valence-corrected chi connectivity index (χ3v) is 4.77. The molecule has 1 aliphatic heterocycles. The molecular formula is C19H25N3O4. The molecule has 0 spiro atoms. The van der Waals surface area contributed by atoms with Crippen molar-refractivity contribution in [3.63, 3.8) is 0 Å². The third-order valence-electron chi connectivity index (χ3n) is 4.77. The quantitative estimate of drug-likeness (QED) is 0.538. The molecule has 1 aliphatic rings. The Kier molecular flexibility index (Phi) is 5.44. The van der Waals surface area contributed by atoms with E-state index in [1.165, 1.54) is 17.7 Å². The number of rotatable bonds is 9. The summed E-state index contributed by atoms with van der Waals surface area (Å²) in [6.45, 7) is 4.05. The number of urea groups is 1. The second-order valence-electron chi connectivity index (χ2n) is 6.98. The molecule has 0 saturated carbocycles. The van der Waals surface area contributed by atoms with E-state index in [-0.39, 0.29) is 18.5 Å². The minimum atomic E-state index is -0.836. The van der Waals surface area contributed by atoms with Crippen molar-refractivity contribution in [1.29, 1.82) is 0 Å². The Labute approximate surface area is 152 Å². The second-order valence-corrected chi connectivity index (χ2v) is 6.98. The summed E-state index contributed by atoms with van der Waals surface area (Å²) < 4.78 is 10.5. The van der Waals surface area contributed by atoms with Gasteiger partial charge in [0.15, 0.2) is 5.76 Å². The Morgan fingerprint density at radius 3 is 2.73 bits per heavy atom. The molecule has 2 aromatic rings. The van der Waals surface area contributed by atoms with Gasteiger partial charge in [0, 0.05) is 6.07 Å². The van der Waals surface area contributed by atoms with Gasteiger partial charge < -0.3 is 14.3 Å². The number of hydrogen-bond acceptors (Lipinski definition) is 5. The van der Waals surface area contributed by atoms with E-state index in [1.54, 1.807) is 31.4 Å². The molecule has 2 aromatic heterocycles. The normalized spacial score (nSPS) is 20.0. The molecule has 3 rings (SSSR count). The van der Waals surface area contributed by atoms with Gasteiger partial charge in [-0.25, -0.2) is 4.79 Å². The number of nitrogens with zero attached hydrogens (tertiary/aromatic N) is 2. The molecule has 1 atom stereocenters. The predicted molar refractivity (Wildman–Crippen MR) is 95.1 cm³/mol. The zero-order valence-corrected chi connectivity index (χ0v) is 15.3. The molecule has 0 bridgehead atoms. The molecule has 140 valence electrons. The lowest BCUT2D eigenvalue weighted by atomic mass is 9.94. The van der Waals surface area contributed by atoms with Gasteiger partial charge in [0.1, 0.15) is 11.2 Å². The molecule has 7 heteroatoms. The summed E-state index contributed by atoms with van der Waals surface area (Å²) in [5.41, 5.74) is -0.330. The van der Waals surface area contributed by atoms with E-state index in [9.17, 15) is 9.59 Å². The summed E-state index contributed by atoms with van der Waals surface area (Å²) in [4.78, 5) is 26.3. The Morgan fingerprint density at radius 2 is 2.00 bits per heavy atom. The summed E-state index contributed by atoms with van der Waals surface area (Å²) in [6, 6.07) is 4.81. The second kappa shape index (κ2) is 7.76. The van der Waals surface area contributed by atoms with E-state index >= 15 is 0 Å². The van der Waals surface area contributed by atoms with Gasteiger partial charge in [-0.2, -0.15) is 0 Å². The van der Waals surface area contributed by atoms with Gasteiger partial charge in [-0.05, 0) is 25.5 Å². The van der Waals surface area contributed by atoms with Gasteiger partial charge in [0.05, 0.1) is 12.8 Å². The average molecular weight is 359 g/mol. The number of aromatic nitrogens is 1. The van der Waals surface area contributed by atoms with Crippen molar-refractivity contribution in [3.05, 3.63) is 30.2 Å². The molecule has 1 fully saturated rings. The molecule has 26 heavy (non-hydrogen) atoms. The van der Waals surface area contributed by atoms with Gasteiger partial charge >= 0.3 is 6.03 Å². The largest absolute Gasteiger partial charge is 0.461 e. The topological polar surface area (TPSA) is 88.6 Å². The lowest BCUT2D eigenvalue weighted by Crippen LogP contribution is -2.43.